The summed E-state index contributed by atoms with van der Waals surface area (Å²) in [6.45, 7) is 4.98. The number of likely N-dealkylation sites (tertiary alicyclic amines) is 1. The number of carbonyl (C=O) groups is 1. The summed E-state index contributed by atoms with van der Waals surface area (Å²) in [6, 6.07) is 5.73. The Morgan fingerprint density at radius 2 is 2.06 bits per heavy atom. The highest BCUT2D eigenvalue weighted by atomic mass is 16.4. The molecule has 86 valence electrons. The summed E-state index contributed by atoms with van der Waals surface area (Å²) in [5.41, 5.74) is 2.36. The molecule has 0 radical (unpaired) electrons. The zero-order valence-electron chi connectivity index (χ0n) is 9.57. The molecule has 0 spiro atoms. The third-order valence-electron chi connectivity index (χ3n) is 3.14. The van der Waals surface area contributed by atoms with Gasteiger partial charge in [0.1, 0.15) is 0 Å². The lowest BCUT2D eigenvalue weighted by Crippen LogP contribution is -2.18. The smallest absolute Gasteiger partial charge is 0.335 e. The number of aryl methyl sites for hydroxylation is 1. The van der Waals surface area contributed by atoms with Gasteiger partial charge in [0.25, 0.3) is 0 Å². The highest BCUT2D eigenvalue weighted by Gasteiger charge is 2.13. The number of benzene rings is 1. The number of carboxylic acid groups (broad SMARTS) is 1. The molecule has 1 aliphatic heterocycles. The van der Waals surface area contributed by atoms with Crippen molar-refractivity contribution in [3.8, 4) is 0 Å². The first-order valence-electron chi connectivity index (χ1n) is 5.72. The van der Waals surface area contributed by atoms with E-state index in [1.807, 2.05) is 19.1 Å². The maximum Gasteiger partial charge on any atom is 0.335 e. The van der Waals surface area contributed by atoms with Crippen molar-refractivity contribution in [1.82, 2.24) is 4.90 Å². The maximum absolute atomic E-state index is 11.0. The number of nitrogens with zero attached hydrogens (tertiary/aromatic N) is 1. The summed E-state index contributed by atoms with van der Waals surface area (Å²) < 4.78 is 0. The average Bonchev–Trinajstić information content (AvgIpc) is 2.73. The van der Waals surface area contributed by atoms with Crippen LogP contribution in [0.3, 0.4) is 0 Å². The lowest BCUT2D eigenvalue weighted by atomic mass is 10.0. The minimum Gasteiger partial charge on any atom is -0.478 e. The lowest BCUT2D eigenvalue weighted by molar-refractivity contribution is 0.0696. The summed E-state index contributed by atoms with van der Waals surface area (Å²) in [4.78, 5) is 13.4. The van der Waals surface area contributed by atoms with Gasteiger partial charge in [0.15, 0.2) is 0 Å². The Bertz CT molecular complexity index is 395. The number of carboxylic acids is 1. The van der Waals surface area contributed by atoms with E-state index in [-0.39, 0.29) is 0 Å². The van der Waals surface area contributed by atoms with Crippen LogP contribution in [0.4, 0.5) is 0 Å². The SMILES string of the molecule is Cc1ccc(CN2CCCC2)cc1C(=O)O. The number of hydrogen-bond donors (Lipinski definition) is 1. The minimum absolute atomic E-state index is 0.427. The van der Waals surface area contributed by atoms with Crippen molar-refractivity contribution in [2.75, 3.05) is 13.1 Å². The van der Waals surface area contributed by atoms with E-state index in [1.54, 1.807) is 6.07 Å². The van der Waals surface area contributed by atoms with Crippen LogP contribution in [0.2, 0.25) is 0 Å². The predicted octanol–water partition coefficient (Wildman–Crippen LogP) is 2.29. The monoisotopic (exact) mass is 219 g/mol. The van der Waals surface area contributed by atoms with Crippen LogP contribution in [0.1, 0.15) is 34.3 Å². The summed E-state index contributed by atoms with van der Waals surface area (Å²) in [6.07, 6.45) is 2.52. The third-order valence-corrected chi connectivity index (χ3v) is 3.14. The molecule has 3 heteroatoms. The second-order valence-electron chi connectivity index (χ2n) is 4.44. The molecule has 0 atom stereocenters. The van der Waals surface area contributed by atoms with Crippen LogP contribution < -0.4 is 0 Å². The zero-order valence-corrected chi connectivity index (χ0v) is 9.57. The highest BCUT2D eigenvalue weighted by molar-refractivity contribution is 5.89. The van der Waals surface area contributed by atoms with Crippen LogP contribution in [-0.2, 0) is 6.54 Å². The number of hydrogen-bond acceptors (Lipinski definition) is 2. The molecule has 1 heterocycles. The Morgan fingerprint density at radius 3 is 2.69 bits per heavy atom. The summed E-state index contributed by atoms with van der Waals surface area (Å²) in [5, 5.41) is 9.04. The minimum atomic E-state index is -0.833. The fourth-order valence-corrected chi connectivity index (χ4v) is 2.20. The zero-order chi connectivity index (χ0) is 11.5. The Kier molecular flexibility index (Phi) is 3.25. The fraction of sp³-hybridized carbons (Fsp3) is 0.462. The van der Waals surface area contributed by atoms with E-state index in [0.29, 0.717) is 5.56 Å². The molecule has 3 nitrogen and oxygen atoms in total. The van der Waals surface area contributed by atoms with Crippen molar-refractivity contribution in [2.45, 2.75) is 26.3 Å². The van der Waals surface area contributed by atoms with E-state index in [2.05, 4.69) is 4.90 Å². The van der Waals surface area contributed by atoms with Crippen molar-refractivity contribution >= 4 is 5.97 Å². The van der Waals surface area contributed by atoms with Gasteiger partial charge < -0.3 is 5.11 Å². The molecular formula is C13H17NO2. The molecule has 1 fully saturated rings. The number of rotatable bonds is 3. The van der Waals surface area contributed by atoms with Crippen molar-refractivity contribution in [3.63, 3.8) is 0 Å². The molecule has 1 aliphatic rings. The van der Waals surface area contributed by atoms with Crippen LogP contribution in [0.5, 0.6) is 0 Å². The first-order chi connectivity index (χ1) is 7.66. The van der Waals surface area contributed by atoms with Gasteiger partial charge >= 0.3 is 5.97 Å². The molecule has 0 aliphatic carbocycles. The molecule has 0 amide bonds. The van der Waals surface area contributed by atoms with E-state index in [4.69, 9.17) is 5.11 Å². The summed E-state index contributed by atoms with van der Waals surface area (Å²) in [7, 11) is 0. The van der Waals surface area contributed by atoms with E-state index in [1.165, 1.54) is 12.8 Å². The first kappa shape index (κ1) is 11.1. The van der Waals surface area contributed by atoms with Crippen LogP contribution in [0.15, 0.2) is 18.2 Å². The maximum atomic E-state index is 11.0. The van der Waals surface area contributed by atoms with Gasteiger partial charge in [-0.05, 0) is 50.0 Å². The molecule has 1 N–H and O–H groups in total. The first-order valence-corrected chi connectivity index (χ1v) is 5.72. The Hall–Kier alpha value is -1.35. The van der Waals surface area contributed by atoms with E-state index in [0.717, 1.165) is 30.8 Å². The Morgan fingerprint density at radius 1 is 1.38 bits per heavy atom. The normalized spacial score (nSPS) is 16.6. The fourth-order valence-electron chi connectivity index (χ4n) is 2.20. The van der Waals surface area contributed by atoms with E-state index < -0.39 is 5.97 Å². The molecule has 1 saturated heterocycles. The van der Waals surface area contributed by atoms with Crippen molar-refractivity contribution in [3.05, 3.63) is 34.9 Å². The molecule has 1 aromatic carbocycles. The van der Waals surface area contributed by atoms with Gasteiger partial charge in [0, 0.05) is 6.54 Å². The quantitative estimate of drug-likeness (QED) is 0.848. The van der Waals surface area contributed by atoms with Crippen molar-refractivity contribution < 1.29 is 9.90 Å². The van der Waals surface area contributed by atoms with Gasteiger partial charge in [-0.15, -0.1) is 0 Å². The molecule has 16 heavy (non-hydrogen) atoms. The van der Waals surface area contributed by atoms with Crippen LogP contribution in [0, 0.1) is 6.92 Å². The molecule has 2 rings (SSSR count). The molecule has 0 aromatic heterocycles. The molecular weight excluding hydrogens is 202 g/mol. The standard InChI is InChI=1S/C13H17NO2/c1-10-4-5-11(8-12(10)13(15)16)9-14-6-2-3-7-14/h4-5,8H,2-3,6-7,9H2,1H3,(H,15,16). The predicted molar refractivity (Wildman–Crippen MR) is 62.6 cm³/mol. The van der Waals surface area contributed by atoms with E-state index >= 15 is 0 Å². The lowest BCUT2D eigenvalue weighted by Gasteiger charge is -2.15. The van der Waals surface area contributed by atoms with Gasteiger partial charge in [-0.25, -0.2) is 4.79 Å². The van der Waals surface area contributed by atoms with E-state index in [9.17, 15) is 4.79 Å². The average molecular weight is 219 g/mol. The molecule has 0 unspecified atom stereocenters. The Labute approximate surface area is 95.7 Å². The number of aromatic carboxylic acids is 1. The molecule has 0 bridgehead atoms. The topological polar surface area (TPSA) is 40.5 Å². The third kappa shape index (κ3) is 2.42. The summed E-state index contributed by atoms with van der Waals surface area (Å²) >= 11 is 0. The molecule has 1 aromatic rings. The second-order valence-corrected chi connectivity index (χ2v) is 4.44. The van der Waals surface area contributed by atoms with Crippen LogP contribution in [-0.4, -0.2) is 29.1 Å². The van der Waals surface area contributed by atoms with Gasteiger partial charge in [-0.3, -0.25) is 4.90 Å². The van der Waals surface area contributed by atoms with Gasteiger partial charge in [0.05, 0.1) is 5.56 Å². The largest absolute Gasteiger partial charge is 0.478 e. The highest BCUT2D eigenvalue weighted by Crippen LogP contribution is 2.16. The van der Waals surface area contributed by atoms with Gasteiger partial charge in [-0.2, -0.15) is 0 Å². The van der Waals surface area contributed by atoms with Gasteiger partial charge in [0.2, 0.25) is 0 Å². The Balaban J connectivity index is 2.15. The molecule has 0 saturated carbocycles. The van der Waals surface area contributed by atoms with Crippen LogP contribution in [0.25, 0.3) is 0 Å². The summed E-state index contributed by atoms with van der Waals surface area (Å²) in [5.74, 6) is -0.833. The van der Waals surface area contributed by atoms with Crippen LogP contribution >= 0.6 is 0 Å². The van der Waals surface area contributed by atoms with Crippen molar-refractivity contribution in [1.29, 1.82) is 0 Å². The second kappa shape index (κ2) is 4.66. The van der Waals surface area contributed by atoms with Crippen molar-refractivity contribution in [2.24, 2.45) is 0 Å². The van der Waals surface area contributed by atoms with Gasteiger partial charge in [-0.1, -0.05) is 12.1 Å².